The van der Waals surface area contributed by atoms with E-state index in [-0.39, 0.29) is 17.6 Å². The lowest BCUT2D eigenvalue weighted by Crippen LogP contribution is -2.43. The van der Waals surface area contributed by atoms with Crippen molar-refractivity contribution in [2.75, 3.05) is 11.6 Å². The van der Waals surface area contributed by atoms with Crippen LogP contribution in [0.3, 0.4) is 0 Å². The maximum atomic E-state index is 13.7. The number of Topliss-reactive ketones (excluding diaryl/α,β-unsaturated/α-hetero) is 1. The van der Waals surface area contributed by atoms with Gasteiger partial charge in [-0.25, -0.2) is 12.8 Å². The molecule has 0 bridgehead atoms. The summed E-state index contributed by atoms with van der Waals surface area (Å²) in [5.41, 5.74) is 2.50. The number of aromatic nitrogens is 1. The molecular weight excluding hydrogens is 497 g/mol. The van der Waals surface area contributed by atoms with E-state index in [0.29, 0.717) is 66.1 Å². The molecule has 0 aliphatic heterocycles. The van der Waals surface area contributed by atoms with Crippen molar-refractivity contribution in [1.82, 2.24) is 9.88 Å². The zero-order valence-corrected chi connectivity index (χ0v) is 22.5. The summed E-state index contributed by atoms with van der Waals surface area (Å²) in [7, 11) is -1.43. The number of benzene rings is 1. The lowest BCUT2D eigenvalue weighted by molar-refractivity contribution is -0.117. The van der Waals surface area contributed by atoms with Crippen LogP contribution in [-0.4, -0.2) is 48.1 Å². The average Bonchev–Trinajstić information content (AvgIpc) is 3.61. The van der Waals surface area contributed by atoms with Crippen LogP contribution in [0.15, 0.2) is 18.2 Å². The largest absolute Gasteiger partial charge is 0.346 e. The highest BCUT2D eigenvalue weighted by Crippen LogP contribution is 2.36. The van der Waals surface area contributed by atoms with Crippen molar-refractivity contribution in [3.05, 3.63) is 52.1 Å². The minimum atomic E-state index is -3.13. The van der Waals surface area contributed by atoms with Gasteiger partial charge >= 0.3 is 0 Å². The Balaban J connectivity index is 1.55. The molecule has 37 heavy (non-hydrogen) atoms. The summed E-state index contributed by atoms with van der Waals surface area (Å²) in [5, 5.41) is 5.17. The predicted octanol–water partition coefficient (Wildman–Crippen LogP) is 3.64. The monoisotopic (exact) mass is 531 g/mol. The quantitative estimate of drug-likeness (QED) is 0.399. The molecule has 200 valence electrons. The third-order valence-electron chi connectivity index (χ3n) is 7.62. The van der Waals surface area contributed by atoms with E-state index in [9.17, 15) is 27.2 Å². The number of anilines is 1. The van der Waals surface area contributed by atoms with E-state index in [4.69, 9.17) is 0 Å². The molecule has 2 fully saturated rings. The molecule has 2 aliphatic carbocycles. The minimum absolute atomic E-state index is 0.165. The third kappa shape index (κ3) is 5.95. The van der Waals surface area contributed by atoms with E-state index in [0.717, 1.165) is 12.8 Å². The summed E-state index contributed by atoms with van der Waals surface area (Å²) in [5.74, 6) is -1.83. The summed E-state index contributed by atoms with van der Waals surface area (Å²) in [6, 6.07) is 4.04. The van der Waals surface area contributed by atoms with Crippen molar-refractivity contribution in [2.24, 2.45) is 13.0 Å². The maximum Gasteiger partial charge on any atom is 0.294 e. The van der Waals surface area contributed by atoms with Crippen molar-refractivity contribution >= 4 is 33.1 Å². The number of sulfone groups is 1. The Morgan fingerprint density at radius 1 is 1.05 bits per heavy atom. The molecule has 0 radical (unpaired) electrons. The van der Waals surface area contributed by atoms with Crippen molar-refractivity contribution < 1.29 is 27.2 Å². The topological polar surface area (TPSA) is 114 Å². The first-order chi connectivity index (χ1) is 17.4. The SMILES string of the molecule is Cc1cc(NC(=O)c2c(C)c(C(=O)C(=O)N[C@H]3CC[C@@H](S(C)(=O)=O)CC3)n(C)c2CC2CC2)ccc1F. The third-order valence-corrected chi connectivity index (χ3v) is 9.30. The molecular formula is C27H34FN3O5S. The van der Waals surface area contributed by atoms with E-state index < -0.39 is 32.7 Å². The lowest BCUT2D eigenvalue weighted by atomic mass is 9.94. The molecule has 0 saturated heterocycles. The number of aryl methyl sites for hydroxylation is 1. The summed E-state index contributed by atoms with van der Waals surface area (Å²) in [6.07, 6.45) is 5.79. The van der Waals surface area contributed by atoms with Gasteiger partial charge in [-0.1, -0.05) is 0 Å². The second-order valence-corrected chi connectivity index (χ2v) is 12.9. The van der Waals surface area contributed by atoms with Crippen molar-refractivity contribution in [3.8, 4) is 0 Å². The Morgan fingerprint density at radius 3 is 2.27 bits per heavy atom. The van der Waals surface area contributed by atoms with Gasteiger partial charge in [0.2, 0.25) is 0 Å². The zero-order valence-electron chi connectivity index (χ0n) is 21.7. The fraction of sp³-hybridized carbons (Fsp3) is 0.519. The number of amides is 2. The summed E-state index contributed by atoms with van der Waals surface area (Å²) >= 11 is 0. The number of halogens is 1. The number of ketones is 1. The van der Waals surface area contributed by atoms with E-state index >= 15 is 0 Å². The Hall–Kier alpha value is -3.01. The summed E-state index contributed by atoms with van der Waals surface area (Å²) in [4.78, 5) is 39.6. The van der Waals surface area contributed by atoms with Gasteiger partial charge in [-0.3, -0.25) is 14.4 Å². The van der Waals surface area contributed by atoms with Crippen LogP contribution in [-0.2, 0) is 28.1 Å². The van der Waals surface area contributed by atoms with Crippen LogP contribution in [0.25, 0.3) is 0 Å². The van der Waals surface area contributed by atoms with Crippen molar-refractivity contribution in [3.63, 3.8) is 0 Å². The Kier molecular flexibility index (Phi) is 7.60. The van der Waals surface area contributed by atoms with Crippen LogP contribution in [0, 0.1) is 25.6 Å². The van der Waals surface area contributed by atoms with Gasteiger partial charge in [-0.2, -0.15) is 0 Å². The highest BCUT2D eigenvalue weighted by atomic mass is 32.2. The first-order valence-electron chi connectivity index (χ1n) is 12.7. The van der Waals surface area contributed by atoms with Gasteiger partial charge < -0.3 is 15.2 Å². The van der Waals surface area contributed by atoms with Crippen LogP contribution < -0.4 is 10.6 Å². The van der Waals surface area contributed by atoms with Gasteiger partial charge in [-0.05, 0) is 94.0 Å². The van der Waals surface area contributed by atoms with Gasteiger partial charge in [0.05, 0.1) is 16.5 Å². The zero-order chi connectivity index (χ0) is 27.1. The molecule has 4 rings (SSSR count). The normalized spacial score (nSPS) is 19.9. The van der Waals surface area contributed by atoms with Crippen LogP contribution in [0.2, 0.25) is 0 Å². The van der Waals surface area contributed by atoms with Crippen LogP contribution >= 0.6 is 0 Å². The summed E-state index contributed by atoms with van der Waals surface area (Å²) < 4.78 is 38.9. The molecule has 2 N–H and O–H groups in total. The second kappa shape index (κ2) is 10.4. The van der Waals surface area contributed by atoms with Gasteiger partial charge in [-0.15, -0.1) is 0 Å². The Bertz CT molecular complexity index is 1350. The van der Waals surface area contributed by atoms with E-state index in [1.165, 1.54) is 18.4 Å². The predicted molar refractivity (Wildman–Crippen MR) is 139 cm³/mol. The molecule has 2 saturated carbocycles. The van der Waals surface area contributed by atoms with Gasteiger partial charge in [0, 0.05) is 30.7 Å². The molecule has 0 atom stereocenters. The van der Waals surface area contributed by atoms with Crippen LogP contribution in [0.4, 0.5) is 10.1 Å². The molecule has 2 aromatic rings. The van der Waals surface area contributed by atoms with Gasteiger partial charge in [0.25, 0.3) is 17.6 Å². The molecule has 0 unspecified atom stereocenters. The molecule has 1 heterocycles. The fourth-order valence-corrected chi connectivity index (χ4v) is 6.39. The van der Waals surface area contributed by atoms with E-state index in [1.54, 1.807) is 31.5 Å². The van der Waals surface area contributed by atoms with E-state index in [1.807, 2.05) is 0 Å². The number of nitrogens with one attached hydrogen (secondary N) is 2. The lowest BCUT2D eigenvalue weighted by Gasteiger charge is -2.27. The Labute approximate surface area is 216 Å². The fourth-order valence-electron chi connectivity index (χ4n) is 5.26. The molecule has 10 heteroatoms. The molecule has 1 aromatic carbocycles. The number of carbonyl (C=O) groups excluding carboxylic acids is 3. The number of hydrogen-bond acceptors (Lipinski definition) is 5. The van der Waals surface area contributed by atoms with Gasteiger partial charge in [0.1, 0.15) is 15.7 Å². The van der Waals surface area contributed by atoms with Crippen LogP contribution in [0.5, 0.6) is 0 Å². The second-order valence-electron chi connectivity index (χ2n) is 10.5. The van der Waals surface area contributed by atoms with Crippen molar-refractivity contribution in [1.29, 1.82) is 0 Å². The minimum Gasteiger partial charge on any atom is -0.346 e. The first-order valence-corrected chi connectivity index (χ1v) is 14.6. The highest BCUT2D eigenvalue weighted by molar-refractivity contribution is 7.91. The van der Waals surface area contributed by atoms with Crippen LogP contribution in [0.1, 0.15) is 76.2 Å². The maximum absolute atomic E-state index is 13.7. The number of nitrogens with zero attached hydrogens (tertiary/aromatic N) is 1. The highest BCUT2D eigenvalue weighted by Gasteiger charge is 2.34. The smallest absolute Gasteiger partial charge is 0.294 e. The number of hydrogen-bond donors (Lipinski definition) is 2. The first kappa shape index (κ1) is 27.0. The van der Waals surface area contributed by atoms with E-state index in [2.05, 4.69) is 10.6 Å². The average molecular weight is 532 g/mol. The van der Waals surface area contributed by atoms with Gasteiger partial charge in [0.15, 0.2) is 0 Å². The van der Waals surface area contributed by atoms with Crippen molar-refractivity contribution in [2.45, 2.75) is 70.1 Å². The molecule has 0 spiro atoms. The number of rotatable bonds is 8. The molecule has 2 aliphatic rings. The molecule has 8 nitrogen and oxygen atoms in total. The summed E-state index contributed by atoms with van der Waals surface area (Å²) in [6.45, 7) is 3.28. The molecule has 2 amide bonds. The number of carbonyl (C=O) groups is 3. The molecule has 1 aromatic heterocycles. The Morgan fingerprint density at radius 2 is 1.70 bits per heavy atom. The standard InChI is InChI=1S/C27H34FN3O5S/c1-15-13-19(9-12-21(15)28)30-26(33)23-16(2)24(31(3)22(23)14-17-5-6-17)25(32)27(34)29-18-7-10-20(11-8-18)37(4,35)36/h9,12-13,17-18,20H,5-8,10-11,14H2,1-4H3,(H,29,34)(H,30,33)/t18-,20+.